The number of hydrazine groups is 1. The molecule has 0 spiro atoms. The van der Waals surface area contributed by atoms with Gasteiger partial charge in [-0.05, 0) is 51.1 Å². The summed E-state index contributed by atoms with van der Waals surface area (Å²) in [5.74, 6) is 0.709. The fourth-order valence-corrected chi connectivity index (χ4v) is 4.60. The van der Waals surface area contributed by atoms with Crippen LogP contribution in [-0.4, -0.2) is 61.7 Å². The van der Waals surface area contributed by atoms with E-state index in [0.29, 0.717) is 24.4 Å². The average molecular weight is 406 g/mol. The molecular weight excluding hydrogens is 373 g/mol. The fraction of sp³-hybridized carbons (Fsp3) is 0.944. The Labute approximate surface area is 164 Å². The standard InChI is InChI=1S/C18H33F3N6O/c1-11(8-15-26-23-10-27(15)2)12-4-3-5-13(9-12)24-16(28)14-6-7-22-17(25-14)18(19,20)21/h11-15,17,22-23,25-26H,3-10H2,1-2H3,(H,24,28)/t11-,12?,13?,14?,15?,17?/m1/s1. The third kappa shape index (κ3) is 5.56. The first-order valence-electron chi connectivity index (χ1n) is 10.3. The van der Waals surface area contributed by atoms with Gasteiger partial charge in [-0.25, -0.2) is 10.9 Å². The second-order valence-electron chi connectivity index (χ2n) is 8.53. The monoisotopic (exact) mass is 406 g/mol. The van der Waals surface area contributed by atoms with Crippen LogP contribution >= 0.6 is 0 Å². The van der Waals surface area contributed by atoms with Crippen LogP contribution in [0.15, 0.2) is 0 Å². The Morgan fingerprint density at radius 1 is 1.29 bits per heavy atom. The number of hydrogen-bond donors (Lipinski definition) is 5. The molecule has 2 saturated heterocycles. The van der Waals surface area contributed by atoms with Gasteiger partial charge in [0.1, 0.15) is 0 Å². The molecule has 10 heteroatoms. The minimum atomic E-state index is -4.40. The van der Waals surface area contributed by atoms with Crippen LogP contribution in [-0.2, 0) is 4.79 Å². The van der Waals surface area contributed by atoms with Gasteiger partial charge in [0.15, 0.2) is 6.17 Å². The second kappa shape index (κ2) is 9.25. The molecule has 3 rings (SSSR count). The summed E-state index contributed by atoms with van der Waals surface area (Å²) < 4.78 is 38.7. The maximum atomic E-state index is 12.9. The van der Waals surface area contributed by atoms with Gasteiger partial charge in [-0.1, -0.05) is 19.8 Å². The SMILES string of the molecule is C[C@H](CC1NNCN1C)C1CCCC(NC(=O)C2CCNC(C(F)(F)F)N2)C1. The van der Waals surface area contributed by atoms with Crippen molar-refractivity contribution in [3.63, 3.8) is 0 Å². The minimum absolute atomic E-state index is 0.0436. The van der Waals surface area contributed by atoms with Crippen molar-refractivity contribution >= 4 is 5.91 Å². The quantitative estimate of drug-likeness (QED) is 0.466. The van der Waals surface area contributed by atoms with E-state index in [1.807, 2.05) is 0 Å². The van der Waals surface area contributed by atoms with Crippen molar-refractivity contribution in [1.29, 1.82) is 0 Å². The van der Waals surface area contributed by atoms with Crippen molar-refractivity contribution in [3.8, 4) is 0 Å². The predicted octanol–water partition coefficient (Wildman–Crippen LogP) is 0.851. The van der Waals surface area contributed by atoms with Gasteiger partial charge in [0.2, 0.25) is 5.91 Å². The third-order valence-electron chi connectivity index (χ3n) is 6.38. The molecule has 1 saturated carbocycles. The number of hydrogen-bond acceptors (Lipinski definition) is 6. The molecule has 0 aromatic rings. The summed E-state index contributed by atoms with van der Waals surface area (Å²) in [5.41, 5.74) is 6.42. The van der Waals surface area contributed by atoms with Crippen LogP contribution in [0.2, 0.25) is 0 Å². The number of nitrogens with one attached hydrogen (secondary N) is 5. The number of amides is 1. The molecule has 3 fully saturated rings. The summed E-state index contributed by atoms with van der Waals surface area (Å²) in [4.78, 5) is 14.8. The lowest BCUT2D eigenvalue weighted by atomic mass is 9.77. The van der Waals surface area contributed by atoms with Crippen LogP contribution in [0.1, 0.15) is 45.4 Å². The number of halogens is 3. The molecule has 0 aromatic heterocycles. The van der Waals surface area contributed by atoms with Gasteiger partial charge in [-0.15, -0.1) is 0 Å². The summed E-state index contributed by atoms with van der Waals surface area (Å²) >= 11 is 0. The summed E-state index contributed by atoms with van der Waals surface area (Å²) in [6.45, 7) is 3.25. The molecule has 5 unspecified atom stereocenters. The lowest BCUT2D eigenvalue weighted by molar-refractivity contribution is -0.170. The first-order chi connectivity index (χ1) is 13.2. The molecule has 1 amide bonds. The first-order valence-corrected chi connectivity index (χ1v) is 10.3. The van der Waals surface area contributed by atoms with Crippen LogP contribution in [0, 0.1) is 11.8 Å². The van der Waals surface area contributed by atoms with Crippen LogP contribution in [0.5, 0.6) is 0 Å². The Morgan fingerprint density at radius 3 is 2.75 bits per heavy atom. The van der Waals surface area contributed by atoms with Crippen molar-refractivity contribution in [2.24, 2.45) is 11.8 Å². The number of carbonyl (C=O) groups excluding carboxylic acids is 1. The Kier molecular flexibility index (Phi) is 7.19. The van der Waals surface area contributed by atoms with Gasteiger partial charge in [0.25, 0.3) is 0 Å². The van der Waals surface area contributed by atoms with E-state index >= 15 is 0 Å². The molecule has 1 aliphatic carbocycles. The minimum Gasteiger partial charge on any atom is -0.352 e. The lowest BCUT2D eigenvalue weighted by Gasteiger charge is -2.37. The molecule has 6 atom stereocenters. The molecule has 2 aliphatic heterocycles. The Morgan fingerprint density at radius 2 is 2.07 bits per heavy atom. The molecular formula is C18H33F3N6O. The lowest BCUT2D eigenvalue weighted by Crippen LogP contribution is -2.64. The number of rotatable bonds is 5. The highest BCUT2D eigenvalue weighted by Crippen LogP contribution is 2.33. The van der Waals surface area contributed by atoms with Gasteiger partial charge >= 0.3 is 6.18 Å². The highest BCUT2D eigenvalue weighted by Gasteiger charge is 2.43. The Balaban J connectivity index is 1.48. The van der Waals surface area contributed by atoms with Crippen LogP contribution in [0.3, 0.4) is 0 Å². The van der Waals surface area contributed by atoms with E-state index in [-0.39, 0.29) is 18.5 Å². The number of alkyl halides is 3. The zero-order chi connectivity index (χ0) is 20.3. The van der Waals surface area contributed by atoms with Gasteiger partial charge in [0, 0.05) is 6.04 Å². The van der Waals surface area contributed by atoms with Crippen molar-refractivity contribution in [1.82, 2.24) is 31.7 Å². The molecule has 0 radical (unpaired) electrons. The highest BCUT2D eigenvalue weighted by atomic mass is 19.4. The summed E-state index contributed by atoms with van der Waals surface area (Å²) in [5, 5.41) is 7.79. The van der Waals surface area contributed by atoms with E-state index in [0.717, 1.165) is 38.8 Å². The average Bonchev–Trinajstić information content (AvgIpc) is 3.06. The number of nitrogens with zero attached hydrogens (tertiary/aromatic N) is 1. The molecule has 2 heterocycles. The normalized spacial score (nSPS) is 36.2. The van der Waals surface area contributed by atoms with E-state index in [4.69, 9.17) is 0 Å². The number of carbonyl (C=O) groups is 1. The molecule has 7 nitrogen and oxygen atoms in total. The van der Waals surface area contributed by atoms with E-state index in [1.165, 1.54) is 0 Å². The summed E-state index contributed by atoms with van der Waals surface area (Å²) in [6.07, 6.45) is -0.563. The van der Waals surface area contributed by atoms with Crippen molar-refractivity contribution in [2.45, 2.75) is 76.0 Å². The zero-order valence-electron chi connectivity index (χ0n) is 16.6. The first kappa shape index (κ1) is 21.8. The molecule has 0 aromatic carbocycles. The van der Waals surface area contributed by atoms with Crippen molar-refractivity contribution < 1.29 is 18.0 Å². The third-order valence-corrected chi connectivity index (χ3v) is 6.38. The van der Waals surface area contributed by atoms with Gasteiger partial charge < -0.3 is 5.32 Å². The smallest absolute Gasteiger partial charge is 0.352 e. The van der Waals surface area contributed by atoms with E-state index in [9.17, 15) is 18.0 Å². The molecule has 5 N–H and O–H groups in total. The predicted molar refractivity (Wildman–Crippen MR) is 99.7 cm³/mol. The van der Waals surface area contributed by atoms with E-state index < -0.39 is 18.4 Å². The van der Waals surface area contributed by atoms with Crippen LogP contribution in [0.4, 0.5) is 13.2 Å². The van der Waals surface area contributed by atoms with Gasteiger partial charge in [-0.2, -0.15) is 13.2 Å². The van der Waals surface area contributed by atoms with Gasteiger partial charge in [-0.3, -0.25) is 20.3 Å². The second-order valence-corrected chi connectivity index (χ2v) is 8.53. The summed E-state index contributed by atoms with van der Waals surface area (Å²) in [6, 6.07) is -0.754. The van der Waals surface area contributed by atoms with Crippen molar-refractivity contribution in [3.05, 3.63) is 0 Å². The zero-order valence-corrected chi connectivity index (χ0v) is 16.6. The fourth-order valence-electron chi connectivity index (χ4n) is 4.60. The maximum Gasteiger partial charge on any atom is 0.417 e. The van der Waals surface area contributed by atoms with E-state index in [1.54, 1.807) is 0 Å². The topological polar surface area (TPSA) is 80.5 Å². The maximum absolute atomic E-state index is 12.9. The molecule has 162 valence electrons. The molecule has 3 aliphatic rings. The highest BCUT2D eigenvalue weighted by molar-refractivity contribution is 5.82. The largest absolute Gasteiger partial charge is 0.417 e. The Bertz CT molecular complexity index is 534. The van der Waals surface area contributed by atoms with Gasteiger partial charge in [0.05, 0.1) is 18.9 Å². The van der Waals surface area contributed by atoms with E-state index in [2.05, 4.69) is 45.7 Å². The Hall–Kier alpha value is -0.940. The van der Waals surface area contributed by atoms with Crippen LogP contribution < -0.4 is 26.8 Å². The van der Waals surface area contributed by atoms with Crippen molar-refractivity contribution in [2.75, 3.05) is 20.3 Å². The molecule has 0 bridgehead atoms. The molecule has 28 heavy (non-hydrogen) atoms. The van der Waals surface area contributed by atoms with Crippen LogP contribution in [0.25, 0.3) is 0 Å². The summed E-state index contributed by atoms with van der Waals surface area (Å²) in [7, 11) is 2.08.